The van der Waals surface area contributed by atoms with Gasteiger partial charge in [-0.1, -0.05) is 32.6 Å². The molecular weight excluding hydrogens is 410 g/mol. The lowest BCUT2D eigenvalue weighted by atomic mass is 9.93. The number of rotatable bonds is 7. The van der Waals surface area contributed by atoms with Gasteiger partial charge in [0.2, 0.25) is 5.91 Å². The minimum absolute atomic E-state index is 0.0244. The molecule has 1 aliphatic carbocycles. The van der Waals surface area contributed by atoms with E-state index >= 15 is 0 Å². The molecule has 4 rings (SSSR count). The van der Waals surface area contributed by atoms with Crippen LogP contribution in [-0.2, 0) is 22.5 Å². The van der Waals surface area contributed by atoms with E-state index in [4.69, 9.17) is 4.74 Å². The molecule has 31 heavy (non-hydrogen) atoms. The summed E-state index contributed by atoms with van der Waals surface area (Å²) in [6, 6.07) is 4.40. The van der Waals surface area contributed by atoms with Crippen molar-refractivity contribution >= 4 is 33.4 Å². The van der Waals surface area contributed by atoms with E-state index < -0.39 is 5.54 Å². The molecule has 1 N–H and O–H groups in total. The van der Waals surface area contributed by atoms with E-state index in [1.54, 1.807) is 23.3 Å². The highest BCUT2D eigenvalue weighted by molar-refractivity contribution is 7.19. The number of aryl methyl sites for hydroxylation is 1. The monoisotopic (exact) mass is 445 g/mol. The number of thiophene rings is 1. The predicted molar refractivity (Wildman–Crippen MR) is 125 cm³/mol. The summed E-state index contributed by atoms with van der Waals surface area (Å²) in [5, 5.41) is 3.32. The van der Waals surface area contributed by atoms with Gasteiger partial charge in [0.05, 0.1) is 16.8 Å². The van der Waals surface area contributed by atoms with E-state index in [1.807, 2.05) is 13.0 Å². The van der Waals surface area contributed by atoms with E-state index in [0.717, 1.165) is 42.3 Å². The number of hydrogen-bond acceptors (Lipinski definition) is 4. The molecule has 1 aliphatic heterocycles. The average Bonchev–Trinajstić information content (AvgIpc) is 3.19. The highest BCUT2D eigenvalue weighted by Gasteiger charge is 2.48. The topological polar surface area (TPSA) is 63.6 Å². The number of amides is 2. The molecule has 0 spiro atoms. The highest BCUT2D eigenvalue weighted by Crippen LogP contribution is 2.36. The van der Waals surface area contributed by atoms with E-state index in [0.29, 0.717) is 31.8 Å². The number of hydrogen-bond donors (Lipinski definition) is 1. The fourth-order valence-electron chi connectivity index (χ4n) is 5.04. The summed E-state index contributed by atoms with van der Waals surface area (Å²) < 4.78 is 8.43. The maximum atomic E-state index is 13.7. The molecule has 1 unspecified atom stereocenters. The molecule has 0 saturated heterocycles. The second kappa shape index (κ2) is 9.33. The Hall–Kier alpha value is -1.86. The Bertz CT molecular complexity index is 941. The van der Waals surface area contributed by atoms with Crippen LogP contribution in [-0.4, -0.2) is 53.1 Å². The third-order valence-corrected chi connectivity index (χ3v) is 8.14. The minimum atomic E-state index is -0.912. The van der Waals surface area contributed by atoms with Crippen LogP contribution in [0, 0.1) is 0 Å². The van der Waals surface area contributed by atoms with Gasteiger partial charge in [0.25, 0.3) is 5.91 Å². The Morgan fingerprint density at radius 3 is 2.68 bits per heavy atom. The second-order valence-electron chi connectivity index (χ2n) is 9.17. The van der Waals surface area contributed by atoms with Gasteiger partial charge in [-0.2, -0.15) is 0 Å². The zero-order valence-corrected chi connectivity index (χ0v) is 19.9. The summed E-state index contributed by atoms with van der Waals surface area (Å²) in [5.74, 6) is -0.0778. The van der Waals surface area contributed by atoms with E-state index in [1.165, 1.54) is 17.7 Å². The number of ether oxygens (including phenoxy) is 1. The Morgan fingerprint density at radius 2 is 2.00 bits per heavy atom. The molecule has 7 heteroatoms. The lowest BCUT2D eigenvalue weighted by Gasteiger charge is -2.44. The van der Waals surface area contributed by atoms with E-state index in [9.17, 15) is 9.59 Å². The van der Waals surface area contributed by atoms with Crippen LogP contribution in [0.2, 0.25) is 0 Å². The molecule has 1 atom stereocenters. The quantitative estimate of drug-likeness (QED) is 0.509. The molecule has 0 bridgehead atoms. The van der Waals surface area contributed by atoms with Gasteiger partial charge < -0.3 is 19.5 Å². The highest BCUT2D eigenvalue weighted by atomic mass is 32.1. The van der Waals surface area contributed by atoms with Gasteiger partial charge in [0.15, 0.2) is 0 Å². The van der Waals surface area contributed by atoms with E-state index in [-0.39, 0.29) is 17.9 Å². The summed E-state index contributed by atoms with van der Waals surface area (Å²) in [6.45, 7) is 5.66. The normalized spacial score (nSPS) is 22.5. The molecule has 170 valence electrons. The summed E-state index contributed by atoms with van der Waals surface area (Å²) in [7, 11) is 1.67. The third kappa shape index (κ3) is 4.27. The predicted octanol–water partition coefficient (Wildman–Crippen LogP) is 4.36. The van der Waals surface area contributed by atoms with Crippen LogP contribution in [0.15, 0.2) is 12.1 Å². The van der Waals surface area contributed by atoms with Crippen LogP contribution in [0.3, 0.4) is 0 Å². The number of nitrogens with one attached hydrogen (secondary N) is 1. The molecule has 1 saturated carbocycles. The fraction of sp³-hybridized carbons (Fsp3) is 0.667. The molecular formula is C24H35N3O3S. The number of carbonyl (C=O) groups is 2. The number of nitrogens with zero attached hydrogens (tertiary/aromatic N) is 2. The minimum Gasteiger partial charge on any atom is -0.385 e. The van der Waals surface area contributed by atoms with Crippen molar-refractivity contribution in [3.8, 4) is 0 Å². The smallest absolute Gasteiger partial charge is 0.271 e. The fourth-order valence-corrected chi connectivity index (χ4v) is 6.09. The molecule has 6 nitrogen and oxygen atoms in total. The van der Waals surface area contributed by atoms with Crippen molar-refractivity contribution in [2.45, 2.75) is 83.3 Å². The van der Waals surface area contributed by atoms with Crippen LogP contribution in [0.25, 0.3) is 10.2 Å². The van der Waals surface area contributed by atoms with Crippen molar-refractivity contribution in [3.63, 3.8) is 0 Å². The Labute approximate surface area is 188 Å². The third-order valence-electron chi connectivity index (χ3n) is 6.92. The summed E-state index contributed by atoms with van der Waals surface area (Å²) in [5.41, 5.74) is 0.862. The van der Waals surface area contributed by atoms with Crippen molar-refractivity contribution in [2.75, 3.05) is 20.3 Å². The first-order valence-electron chi connectivity index (χ1n) is 11.7. The first-order chi connectivity index (χ1) is 15.0. The van der Waals surface area contributed by atoms with Crippen molar-refractivity contribution in [3.05, 3.63) is 22.7 Å². The average molecular weight is 446 g/mol. The Balaban J connectivity index is 1.66. The molecule has 3 heterocycles. The van der Waals surface area contributed by atoms with Gasteiger partial charge in [-0.25, -0.2) is 0 Å². The number of methoxy groups -OCH3 is 1. The van der Waals surface area contributed by atoms with Crippen molar-refractivity contribution in [1.29, 1.82) is 0 Å². The first-order valence-corrected chi connectivity index (χ1v) is 12.5. The lowest BCUT2D eigenvalue weighted by molar-refractivity contribution is -0.133. The van der Waals surface area contributed by atoms with Crippen LogP contribution in [0.5, 0.6) is 0 Å². The summed E-state index contributed by atoms with van der Waals surface area (Å²) in [6.07, 6.45) is 8.56. The van der Waals surface area contributed by atoms with Crippen LogP contribution >= 0.6 is 11.3 Å². The maximum absolute atomic E-state index is 13.7. The zero-order chi connectivity index (χ0) is 22.0. The lowest BCUT2D eigenvalue weighted by Crippen LogP contribution is -2.65. The Morgan fingerprint density at radius 1 is 1.26 bits per heavy atom. The molecule has 2 aromatic heterocycles. The van der Waals surface area contributed by atoms with Gasteiger partial charge in [-0.05, 0) is 44.7 Å². The van der Waals surface area contributed by atoms with Gasteiger partial charge in [-0.15, -0.1) is 11.3 Å². The van der Waals surface area contributed by atoms with E-state index in [2.05, 4.69) is 22.9 Å². The molecule has 2 amide bonds. The zero-order valence-electron chi connectivity index (χ0n) is 19.0. The number of carbonyl (C=O) groups excluding carboxylic acids is 2. The first kappa shape index (κ1) is 22.3. The molecule has 0 aromatic carbocycles. The van der Waals surface area contributed by atoms with Crippen LogP contribution in [0.1, 0.15) is 74.2 Å². The SMILES string of the molecule is CCc1cc2c(cc3n2CC(C)(C(=O)NC2CCCCCC2)N(CCCOC)C3=O)s1. The number of aromatic nitrogens is 1. The van der Waals surface area contributed by atoms with Crippen molar-refractivity contribution in [2.24, 2.45) is 0 Å². The molecule has 2 aliphatic rings. The van der Waals surface area contributed by atoms with Gasteiger partial charge >= 0.3 is 0 Å². The second-order valence-corrected chi connectivity index (χ2v) is 10.3. The summed E-state index contributed by atoms with van der Waals surface area (Å²) in [4.78, 5) is 30.4. The molecule has 0 radical (unpaired) electrons. The summed E-state index contributed by atoms with van der Waals surface area (Å²) >= 11 is 1.74. The van der Waals surface area contributed by atoms with Gasteiger partial charge in [0.1, 0.15) is 11.2 Å². The van der Waals surface area contributed by atoms with Crippen LogP contribution < -0.4 is 5.32 Å². The largest absolute Gasteiger partial charge is 0.385 e. The molecule has 2 aromatic rings. The molecule has 1 fully saturated rings. The standard InChI is InChI=1S/C24H35N3O3S/c1-4-18-14-19-21(31-18)15-20-22(28)27(12-9-13-30-3)24(2,16-26(19)20)23(29)25-17-10-7-5-6-8-11-17/h14-15,17H,4-13,16H2,1-3H3,(H,25,29). The number of fused-ring (bicyclic) bond motifs is 3. The maximum Gasteiger partial charge on any atom is 0.271 e. The van der Waals surface area contributed by atoms with Crippen LogP contribution in [0.4, 0.5) is 0 Å². The van der Waals surface area contributed by atoms with Crippen molar-refractivity contribution < 1.29 is 14.3 Å². The van der Waals surface area contributed by atoms with Crippen molar-refractivity contribution in [1.82, 2.24) is 14.8 Å². The Kier molecular flexibility index (Phi) is 6.72. The van der Waals surface area contributed by atoms with Gasteiger partial charge in [0, 0.05) is 31.2 Å². The van der Waals surface area contributed by atoms with Gasteiger partial charge in [-0.3, -0.25) is 9.59 Å².